The standard InChI is InChI=1S/C15H22F3NO3Si/c1-14(2,3)22-13(20)19-12-10(21-15(16,17)18)8-7-9-11(12)23(4,5)6/h7-9H,1-6H3,(H,19,20). The zero-order valence-electron chi connectivity index (χ0n) is 14.1. The Morgan fingerprint density at radius 2 is 1.70 bits per heavy atom. The Hall–Kier alpha value is -1.70. The van der Waals surface area contributed by atoms with Crippen molar-refractivity contribution in [2.24, 2.45) is 0 Å². The lowest BCUT2D eigenvalue weighted by molar-refractivity contribution is -0.274. The van der Waals surface area contributed by atoms with Gasteiger partial charge < -0.3 is 9.47 Å². The number of anilines is 1. The third-order valence-electron chi connectivity index (χ3n) is 2.69. The molecule has 130 valence electrons. The van der Waals surface area contributed by atoms with Crippen molar-refractivity contribution in [1.82, 2.24) is 0 Å². The second kappa shape index (κ2) is 6.43. The molecule has 0 aliphatic carbocycles. The Morgan fingerprint density at radius 1 is 1.13 bits per heavy atom. The van der Waals surface area contributed by atoms with Crippen LogP contribution in [0, 0.1) is 0 Å². The number of ether oxygens (including phenoxy) is 2. The van der Waals surface area contributed by atoms with E-state index in [-0.39, 0.29) is 5.69 Å². The Labute approximate surface area is 135 Å². The van der Waals surface area contributed by atoms with Crippen LogP contribution in [-0.4, -0.2) is 26.1 Å². The first-order valence-electron chi connectivity index (χ1n) is 7.08. The van der Waals surface area contributed by atoms with E-state index in [0.717, 1.165) is 0 Å². The number of rotatable bonds is 3. The minimum Gasteiger partial charge on any atom is -0.444 e. The highest BCUT2D eigenvalue weighted by Crippen LogP contribution is 2.31. The van der Waals surface area contributed by atoms with Gasteiger partial charge in [-0.15, -0.1) is 13.2 Å². The van der Waals surface area contributed by atoms with Crippen molar-refractivity contribution in [2.45, 2.75) is 52.4 Å². The van der Waals surface area contributed by atoms with Gasteiger partial charge in [-0.25, -0.2) is 4.79 Å². The minimum atomic E-state index is -4.84. The smallest absolute Gasteiger partial charge is 0.444 e. The summed E-state index contributed by atoms with van der Waals surface area (Å²) in [6.45, 7) is 10.9. The van der Waals surface area contributed by atoms with E-state index in [1.165, 1.54) is 12.1 Å². The van der Waals surface area contributed by atoms with Gasteiger partial charge in [0.2, 0.25) is 0 Å². The van der Waals surface area contributed by atoms with Gasteiger partial charge in [-0.05, 0) is 32.0 Å². The molecule has 0 fully saturated rings. The maximum absolute atomic E-state index is 12.6. The second-order valence-electron chi connectivity index (χ2n) is 7.10. The first-order chi connectivity index (χ1) is 10.2. The molecule has 0 saturated heterocycles. The molecule has 1 amide bonds. The zero-order chi connectivity index (χ0) is 18.1. The van der Waals surface area contributed by atoms with Crippen LogP contribution in [0.5, 0.6) is 5.75 Å². The van der Waals surface area contributed by atoms with Crippen molar-refractivity contribution in [2.75, 3.05) is 5.32 Å². The lowest BCUT2D eigenvalue weighted by Gasteiger charge is -2.25. The molecule has 0 unspecified atom stereocenters. The van der Waals surface area contributed by atoms with E-state index in [1.54, 1.807) is 26.8 Å². The number of amides is 1. The van der Waals surface area contributed by atoms with Gasteiger partial charge in [0, 0.05) is 0 Å². The number of hydrogen-bond acceptors (Lipinski definition) is 3. The van der Waals surface area contributed by atoms with Crippen molar-refractivity contribution in [3.05, 3.63) is 18.2 Å². The number of halogens is 3. The molecule has 4 nitrogen and oxygen atoms in total. The summed E-state index contributed by atoms with van der Waals surface area (Å²) in [5, 5.41) is 3.06. The van der Waals surface area contributed by atoms with Crippen LogP contribution in [0.4, 0.5) is 23.7 Å². The lowest BCUT2D eigenvalue weighted by Crippen LogP contribution is -2.41. The Kier molecular flexibility index (Phi) is 5.40. The van der Waals surface area contributed by atoms with Crippen LogP contribution in [-0.2, 0) is 4.74 Å². The summed E-state index contributed by atoms with van der Waals surface area (Å²) < 4.78 is 47.0. The number of alkyl halides is 3. The Balaban J connectivity index is 3.26. The fraction of sp³-hybridized carbons (Fsp3) is 0.533. The molecular weight excluding hydrogens is 327 g/mol. The predicted octanol–water partition coefficient (Wildman–Crippen LogP) is 4.48. The highest BCUT2D eigenvalue weighted by Gasteiger charge is 2.34. The molecule has 0 heterocycles. The van der Waals surface area contributed by atoms with Crippen molar-refractivity contribution >= 4 is 25.0 Å². The molecule has 0 saturated carbocycles. The zero-order valence-corrected chi connectivity index (χ0v) is 15.1. The van der Waals surface area contributed by atoms with Crippen molar-refractivity contribution in [1.29, 1.82) is 0 Å². The molecule has 1 rings (SSSR count). The van der Waals surface area contributed by atoms with Crippen LogP contribution >= 0.6 is 0 Å². The van der Waals surface area contributed by atoms with Gasteiger partial charge in [-0.3, -0.25) is 5.32 Å². The average Bonchev–Trinajstić information content (AvgIpc) is 2.25. The molecule has 1 aromatic rings. The maximum atomic E-state index is 12.6. The fourth-order valence-electron chi connectivity index (χ4n) is 1.90. The van der Waals surface area contributed by atoms with Gasteiger partial charge in [0.05, 0.1) is 13.8 Å². The fourth-order valence-corrected chi connectivity index (χ4v) is 3.43. The summed E-state index contributed by atoms with van der Waals surface area (Å²) in [5.41, 5.74) is -0.748. The van der Waals surface area contributed by atoms with Gasteiger partial charge >= 0.3 is 12.5 Å². The van der Waals surface area contributed by atoms with Crippen LogP contribution in [0.15, 0.2) is 18.2 Å². The summed E-state index contributed by atoms with van der Waals surface area (Å²) in [6.07, 6.45) is -5.67. The van der Waals surface area contributed by atoms with Gasteiger partial charge in [0.1, 0.15) is 5.60 Å². The second-order valence-corrected chi connectivity index (χ2v) is 12.1. The van der Waals surface area contributed by atoms with Gasteiger partial charge in [-0.2, -0.15) is 0 Å². The van der Waals surface area contributed by atoms with E-state index in [9.17, 15) is 18.0 Å². The van der Waals surface area contributed by atoms with E-state index in [4.69, 9.17) is 4.74 Å². The first kappa shape index (κ1) is 19.3. The Bertz CT molecular complexity index is 575. The number of hydrogen-bond donors (Lipinski definition) is 1. The van der Waals surface area contributed by atoms with Crippen LogP contribution < -0.4 is 15.2 Å². The topological polar surface area (TPSA) is 47.6 Å². The van der Waals surface area contributed by atoms with E-state index in [2.05, 4.69) is 10.1 Å². The Morgan fingerprint density at radius 3 is 2.13 bits per heavy atom. The van der Waals surface area contributed by atoms with Crippen LogP contribution in [0.3, 0.4) is 0 Å². The minimum absolute atomic E-state index is 0.0123. The molecule has 23 heavy (non-hydrogen) atoms. The molecule has 1 aromatic carbocycles. The summed E-state index contributed by atoms with van der Waals surface area (Å²) in [6, 6.07) is 4.35. The molecule has 0 aliphatic heterocycles. The monoisotopic (exact) mass is 349 g/mol. The average molecular weight is 349 g/mol. The number of para-hydroxylation sites is 1. The molecule has 0 bridgehead atoms. The lowest BCUT2D eigenvalue weighted by atomic mass is 10.2. The highest BCUT2D eigenvalue weighted by atomic mass is 28.3. The van der Waals surface area contributed by atoms with Crippen LogP contribution in [0.1, 0.15) is 20.8 Å². The molecule has 0 spiro atoms. The molecule has 8 heteroatoms. The molecule has 0 aliphatic rings. The summed E-state index contributed by atoms with van der Waals surface area (Å²) in [7, 11) is -2.03. The largest absolute Gasteiger partial charge is 0.573 e. The third-order valence-corrected chi connectivity index (χ3v) is 4.72. The van der Waals surface area contributed by atoms with Crippen LogP contribution in [0.2, 0.25) is 19.6 Å². The summed E-state index contributed by atoms with van der Waals surface area (Å²) in [4.78, 5) is 12.0. The summed E-state index contributed by atoms with van der Waals surface area (Å²) in [5.74, 6) is -0.441. The van der Waals surface area contributed by atoms with Crippen molar-refractivity contribution in [3.8, 4) is 5.75 Å². The quantitative estimate of drug-likeness (QED) is 0.819. The molecule has 0 aromatic heterocycles. The van der Waals surface area contributed by atoms with E-state index in [1.807, 2.05) is 19.6 Å². The summed E-state index contributed by atoms with van der Waals surface area (Å²) >= 11 is 0. The first-order valence-corrected chi connectivity index (χ1v) is 10.6. The normalized spacial score (nSPS) is 12.7. The van der Waals surface area contributed by atoms with Gasteiger partial charge in [0.15, 0.2) is 5.75 Å². The SMILES string of the molecule is CC(C)(C)OC(=O)Nc1c(OC(F)(F)F)cccc1[Si](C)(C)C. The maximum Gasteiger partial charge on any atom is 0.573 e. The van der Waals surface area contributed by atoms with Gasteiger partial charge in [0.25, 0.3) is 0 Å². The van der Waals surface area contributed by atoms with Crippen molar-refractivity contribution in [3.63, 3.8) is 0 Å². The molecule has 1 N–H and O–H groups in total. The van der Waals surface area contributed by atoms with Crippen molar-refractivity contribution < 1.29 is 27.4 Å². The number of benzene rings is 1. The van der Waals surface area contributed by atoms with Gasteiger partial charge in [-0.1, -0.05) is 31.8 Å². The van der Waals surface area contributed by atoms with Crippen LogP contribution in [0.25, 0.3) is 0 Å². The number of carbonyl (C=O) groups excluding carboxylic acids is 1. The van der Waals surface area contributed by atoms with E-state index in [0.29, 0.717) is 5.19 Å². The molecule has 0 radical (unpaired) electrons. The van der Waals surface area contributed by atoms with E-state index < -0.39 is 31.9 Å². The number of carbonyl (C=O) groups is 1. The van der Waals surface area contributed by atoms with E-state index >= 15 is 0 Å². The highest BCUT2D eigenvalue weighted by molar-refractivity contribution is 6.89. The third kappa shape index (κ3) is 6.51. The number of nitrogens with one attached hydrogen (secondary N) is 1. The predicted molar refractivity (Wildman–Crippen MR) is 86.0 cm³/mol. The molecule has 0 atom stereocenters. The molecular formula is C15H22F3NO3Si.